The molecule has 5 rings (SSSR count). The lowest BCUT2D eigenvalue weighted by molar-refractivity contribution is 0.464. The van der Waals surface area contributed by atoms with E-state index >= 15 is 0 Å². The second-order valence-electron chi connectivity index (χ2n) is 6.22. The van der Waals surface area contributed by atoms with E-state index in [0.29, 0.717) is 17.4 Å². The standard InChI is InChI=1S/C23H15N3O/c1-2-7-17-14-19(13-12-16(17)6-1)27-22-11-5-10-21(25-22)23-24-15-18-8-3-4-9-20(18)26-23/h1-15H. The molecular weight excluding hydrogens is 334 g/mol. The summed E-state index contributed by atoms with van der Waals surface area (Å²) in [5, 5.41) is 3.31. The molecule has 0 saturated carbocycles. The number of nitrogens with zero attached hydrogens (tertiary/aromatic N) is 3. The minimum absolute atomic E-state index is 0.513. The largest absolute Gasteiger partial charge is 0.439 e. The summed E-state index contributed by atoms with van der Waals surface area (Å²) in [5.41, 5.74) is 1.57. The van der Waals surface area contributed by atoms with Crippen LogP contribution < -0.4 is 4.74 Å². The van der Waals surface area contributed by atoms with Crippen LogP contribution in [0, 0.1) is 0 Å². The van der Waals surface area contributed by atoms with Gasteiger partial charge in [0.2, 0.25) is 5.88 Å². The van der Waals surface area contributed by atoms with Crippen LogP contribution in [0.15, 0.2) is 91.1 Å². The van der Waals surface area contributed by atoms with Crippen LogP contribution in [0.3, 0.4) is 0 Å². The molecule has 4 heteroatoms. The molecule has 2 aromatic heterocycles. The van der Waals surface area contributed by atoms with Crippen molar-refractivity contribution >= 4 is 21.7 Å². The smallest absolute Gasteiger partial charge is 0.219 e. The Bertz CT molecular complexity index is 1270. The summed E-state index contributed by atoms with van der Waals surface area (Å²) >= 11 is 0. The molecule has 0 atom stereocenters. The Morgan fingerprint density at radius 1 is 0.630 bits per heavy atom. The quantitative estimate of drug-likeness (QED) is 0.423. The van der Waals surface area contributed by atoms with E-state index in [1.54, 1.807) is 0 Å². The van der Waals surface area contributed by atoms with Crippen molar-refractivity contribution in [3.8, 4) is 23.1 Å². The Hall–Kier alpha value is -3.79. The molecule has 0 saturated heterocycles. The average Bonchev–Trinajstić information content (AvgIpc) is 2.73. The van der Waals surface area contributed by atoms with Crippen molar-refractivity contribution in [1.29, 1.82) is 0 Å². The van der Waals surface area contributed by atoms with Gasteiger partial charge in [0, 0.05) is 17.6 Å². The van der Waals surface area contributed by atoms with Crippen molar-refractivity contribution in [2.45, 2.75) is 0 Å². The second kappa shape index (κ2) is 6.50. The highest BCUT2D eigenvalue weighted by atomic mass is 16.5. The zero-order valence-electron chi connectivity index (χ0n) is 14.4. The van der Waals surface area contributed by atoms with Gasteiger partial charge in [-0.3, -0.25) is 0 Å². The summed E-state index contributed by atoms with van der Waals surface area (Å²) in [4.78, 5) is 13.6. The first kappa shape index (κ1) is 15.5. The Labute approximate surface area is 156 Å². The van der Waals surface area contributed by atoms with E-state index in [2.05, 4.69) is 27.1 Å². The van der Waals surface area contributed by atoms with Crippen molar-refractivity contribution in [3.63, 3.8) is 0 Å². The molecule has 0 amide bonds. The number of para-hydroxylation sites is 1. The van der Waals surface area contributed by atoms with Gasteiger partial charge in [-0.25, -0.2) is 15.0 Å². The van der Waals surface area contributed by atoms with Crippen molar-refractivity contribution in [1.82, 2.24) is 15.0 Å². The maximum atomic E-state index is 5.97. The van der Waals surface area contributed by atoms with E-state index in [9.17, 15) is 0 Å². The van der Waals surface area contributed by atoms with Gasteiger partial charge in [0.1, 0.15) is 11.4 Å². The Balaban J connectivity index is 1.48. The van der Waals surface area contributed by atoms with Crippen LogP contribution in [0.4, 0.5) is 0 Å². The van der Waals surface area contributed by atoms with E-state index in [-0.39, 0.29) is 0 Å². The SMILES string of the molecule is c1cc(Oc2ccc3ccccc3c2)nc(-c2ncc3ccccc3n2)c1. The summed E-state index contributed by atoms with van der Waals surface area (Å²) in [5.74, 6) is 1.84. The summed E-state index contributed by atoms with van der Waals surface area (Å²) < 4.78 is 5.97. The Morgan fingerprint density at radius 2 is 1.44 bits per heavy atom. The molecule has 0 aliphatic rings. The predicted octanol–water partition coefficient (Wildman–Crippen LogP) is 5.64. The van der Waals surface area contributed by atoms with E-state index < -0.39 is 0 Å². The normalized spacial score (nSPS) is 11.0. The fourth-order valence-electron chi connectivity index (χ4n) is 3.04. The Morgan fingerprint density at radius 3 is 2.37 bits per heavy atom. The van der Waals surface area contributed by atoms with Gasteiger partial charge in [-0.1, -0.05) is 54.6 Å². The molecule has 0 aliphatic carbocycles. The molecule has 3 aromatic carbocycles. The number of fused-ring (bicyclic) bond motifs is 2. The number of hydrogen-bond donors (Lipinski definition) is 0. The van der Waals surface area contributed by atoms with Crippen LogP contribution in [0.5, 0.6) is 11.6 Å². The third-order valence-corrected chi connectivity index (χ3v) is 4.39. The van der Waals surface area contributed by atoms with E-state index in [0.717, 1.165) is 22.0 Å². The zero-order chi connectivity index (χ0) is 18.1. The first-order chi connectivity index (χ1) is 13.3. The number of hydrogen-bond acceptors (Lipinski definition) is 4. The maximum absolute atomic E-state index is 5.97. The molecule has 0 spiro atoms. The van der Waals surface area contributed by atoms with Gasteiger partial charge >= 0.3 is 0 Å². The lowest BCUT2D eigenvalue weighted by Crippen LogP contribution is -1.94. The van der Waals surface area contributed by atoms with Gasteiger partial charge in [-0.2, -0.15) is 0 Å². The zero-order valence-corrected chi connectivity index (χ0v) is 14.4. The molecule has 0 bridgehead atoms. The van der Waals surface area contributed by atoms with Gasteiger partial charge < -0.3 is 4.74 Å². The lowest BCUT2D eigenvalue weighted by atomic mass is 10.1. The highest BCUT2D eigenvalue weighted by Gasteiger charge is 2.07. The fourth-order valence-corrected chi connectivity index (χ4v) is 3.04. The molecule has 128 valence electrons. The van der Waals surface area contributed by atoms with Gasteiger partial charge in [0.25, 0.3) is 0 Å². The first-order valence-corrected chi connectivity index (χ1v) is 8.71. The molecule has 5 aromatic rings. The predicted molar refractivity (Wildman–Crippen MR) is 107 cm³/mol. The molecule has 0 radical (unpaired) electrons. The Kier molecular flexibility index (Phi) is 3.72. The van der Waals surface area contributed by atoms with Crippen LogP contribution in [0.2, 0.25) is 0 Å². The van der Waals surface area contributed by atoms with E-state index in [1.807, 2.05) is 79.0 Å². The van der Waals surface area contributed by atoms with Crippen molar-refractivity contribution in [2.75, 3.05) is 0 Å². The van der Waals surface area contributed by atoms with Gasteiger partial charge in [0.05, 0.1) is 5.52 Å². The van der Waals surface area contributed by atoms with Crippen LogP contribution in [-0.4, -0.2) is 15.0 Å². The molecule has 2 heterocycles. The second-order valence-corrected chi connectivity index (χ2v) is 6.22. The van der Waals surface area contributed by atoms with Crippen LogP contribution in [0.1, 0.15) is 0 Å². The first-order valence-electron chi connectivity index (χ1n) is 8.71. The lowest BCUT2D eigenvalue weighted by Gasteiger charge is -2.08. The number of ether oxygens (including phenoxy) is 1. The van der Waals surface area contributed by atoms with Crippen LogP contribution in [-0.2, 0) is 0 Å². The number of pyridine rings is 1. The molecule has 4 nitrogen and oxygen atoms in total. The minimum Gasteiger partial charge on any atom is -0.439 e. The van der Waals surface area contributed by atoms with Crippen molar-refractivity contribution < 1.29 is 4.74 Å². The van der Waals surface area contributed by atoms with Gasteiger partial charge in [-0.15, -0.1) is 0 Å². The monoisotopic (exact) mass is 349 g/mol. The number of rotatable bonds is 3. The molecule has 0 aliphatic heterocycles. The highest BCUT2D eigenvalue weighted by Crippen LogP contribution is 2.26. The molecule has 0 fully saturated rings. The molecule has 0 N–H and O–H groups in total. The third-order valence-electron chi connectivity index (χ3n) is 4.39. The summed E-state index contributed by atoms with van der Waals surface area (Å²) in [6, 6.07) is 27.7. The van der Waals surface area contributed by atoms with Crippen LogP contribution >= 0.6 is 0 Å². The van der Waals surface area contributed by atoms with Crippen molar-refractivity contribution in [3.05, 3.63) is 91.1 Å². The highest BCUT2D eigenvalue weighted by molar-refractivity contribution is 5.83. The molecule has 0 unspecified atom stereocenters. The van der Waals surface area contributed by atoms with Gasteiger partial charge in [-0.05, 0) is 35.0 Å². The molecular formula is C23H15N3O. The van der Waals surface area contributed by atoms with E-state index in [1.165, 1.54) is 5.39 Å². The summed E-state index contributed by atoms with van der Waals surface area (Å²) in [7, 11) is 0. The minimum atomic E-state index is 0.513. The number of benzene rings is 3. The van der Waals surface area contributed by atoms with Crippen molar-refractivity contribution in [2.24, 2.45) is 0 Å². The molecule has 27 heavy (non-hydrogen) atoms. The topological polar surface area (TPSA) is 47.9 Å². The van der Waals surface area contributed by atoms with E-state index in [4.69, 9.17) is 4.74 Å². The third kappa shape index (κ3) is 3.09. The average molecular weight is 349 g/mol. The maximum Gasteiger partial charge on any atom is 0.219 e. The summed E-state index contributed by atoms with van der Waals surface area (Å²) in [6.07, 6.45) is 1.82. The summed E-state index contributed by atoms with van der Waals surface area (Å²) in [6.45, 7) is 0. The number of aromatic nitrogens is 3. The van der Waals surface area contributed by atoms with Crippen LogP contribution in [0.25, 0.3) is 33.2 Å². The van der Waals surface area contributed by atoms with Gasteiger partial charge in [0.15, 0.2) is 5.82 Å². The fraction of sp³-hybridized carbons (Fsp3) is 0.